The van der Waals surface area contributed by atoms with Gasteiger partial charge in [-0.05, 0) is 31.5 Å². The molecule has 1 atom stereocenters. The number of benzene rings is 1. The molecule has 1 aromatic heterocycles. The number of fused-ring (bicyclic) bond motifs is 1. The van der Waals surface area contributed by atoms with E-state index in [0.29, 0.717) is 11.1 Å². The second-order valence-electron chi connectivity index (χ2n) is 4.69. The standard InChI is InChI=1S/C13H15FN2O/c1-2-13(5-6-15-8-13)12-16-10-7-9(14)3-4-11(10)17-12/h3-4,7,15H,2,5-6,8H2,1H3. The molecule has 0 amide bonds. The van der Waals surface area contributed by atoms with E-state index in [4.69, 9.17) is 4.42 Å². The Balaban J connectivity index is 2.11. The first-order valence-electron chi connectivity index (χ1n) is 6.01. The Labute approximate surface area is 99.0 Å². The van der Waals surface area contributed by atoms with E-state index in [2.05, 4.69) is 17.2 Å². The highest BCUT2D eigenvalue weighted by Crippen LogP contribution is 2.35. The second kappa shape index (κ2) is 3.81. The van der Waals surface area contributed by atoms with Gasteiger partial charge in [0.15, 0.2) is 5.58 Å². The van der Waals surface area contributed by atoms with Crippen molar-refractivity contribution in [2.45, 2.75) is 25.2 Å². The van der Waals surface area contributed by atoms with E-state index in [-0.39, 0.29) is 11.2 Å². The zero-order valence-corrected chi connectivity index (χ0v) is 9.79. The summed E-state index contributed by atoms with van der Waals surface area (Å²) in [6.45, 7) is 4.02. The number of oxazole rings is 1. The average molecular weight is 234 g/mol. The third-order valence-corrected chi connectivity index (χ3v) is 3.72. The molecule has 3 rings (SSSR count). The van der Waals surface area contributed by atoms with Crippen LogP contribution in [0.5, 0.6) is 0 Å². The molecule has 4 heteroatoms. The molecule has 1 fully saturated rings. The summed E-state index contributed by atoms with van der Waals surface area (Å²) >= 11 is 0. The molecule has 0 bridgehead atoms. The SMILES string of the molecule is CCC1(c2nc3cc(F)ccc3o2)CCNC1. The van der Waals surface area contributed by atoms with Gasteiger partial charge in [-0.3, -0.25) is 0 Å². The molecular formula is C13H15FN2O. The first-order chi connectivity index (χ1) is 8.23. The molecule has 1 unspecified atom stereocenters. The van der Waals surface area contributed by atoms with Crippen molar-refractivity contribution in [3.8, 4) is 0 Å². The number of rotatable bonds is 2. The van der Waals surface area contributed by atoms with Gasteiger partial charge in [0.1, 0.15) is 11.3 Å². The Bertz CT molecular complexity index is 543. The van der Waals surface area contributed by atoms with Crippen molar-refractivity contribution in [2.75, 3.05) is 13.1 Å². The number of hydrogen-bond acceptors (Lipinski definition) is 3. The smallest absolute Gasteiger partial charge is 0.203 e. The highest BCUT2D eigenvalue weighted by molar-refractivity contribution is 5.72. The van der Waals surface area contributed by atoms with Crippen molar-refractivity contribution in [2.24, 2.45) is 0 Å². The van der Waals surface area contributed by atoms with Crippen molar-refractivity contribution < 1.29 is 8.81 Å². The molecule has 1 saturated heterocycles. The van der Waals surface area contributed by atoms with Crippen molar-refractivity contribution in [3.05, 3.63) is 29.9 Å². The summed E-state index contributed by atoms with van der Waals surface area (Å²) < 4.78 is 18.9. The molecule has 0 radical (unpaired) electrons. The summed E-state index contributed by atoms with van der Waals surface area (Å²) in [4.78, 5) is 4.45. The number of nitrogens with one attached hydrogen (secondary N) is 1. The van der Waals surface area contributed by atoms with Crippen molar-refractivity contribution in [1.29, 1.82) is 0 Å². The first-order valence-corrected chi connectivity index (χ1v) is 6.01. The second-order valence-corrected chi connectivity index (χ2v) is 4.69. The minimum absolute atomic E-state index is 0.0184. The Hall–Kier alpha value is -1.42. The van der Waals surface area contributed by atoms with Gasteiger partial charge in [0.05, 0.1) is 5.41 Å². The Morgan fingerprint density at radius 2 is 2.41 bits per heavy atom. The zero-order chi connectivity index (χ0) is 11.9. The van der Waals surface area contributed by atoms with Gasteiger partial charge in [-0.25, -0.2) is 9.37 Å². The predicted molar refractivity (Wildman–Crippen MR) is 63.4 cm³/mol. The number of halogens is 1. The van der Waals surface area contributed by atoms with E-state index in [0.717, 1.165) is 31.8 Å². The molecule has 2 heterocycles. The monoisotopic (exact) mass is 234 g/mol. The summed E-state index contributed by atoms with van der Waals surface area (Å²) in [5.41, 5.74) is 1.26. The van der Waals surface area contributed by atoms with Crippen LogP contribution in [0.25, 0.3) is 11.1 Å². The molecule has 0 aliphatic carbocycles. The van der Waals surface area contributed by atoms with Crippen LogP contribution in [0.4, 0.5) is 4.39 Å². The van der Waals surface area contributed by atoms with Crippen molar-refractivity contribution in [1.82, 2.24) is 10.3 Å². The van der Waals surface area contributed by atoms with Gasteiger partial charge < -0.3 is 9.73 Å². The molecular weight excluding hydrogens is 219 g/mol. The van der Waals surface area contributed by atoms with E-state index >= 15 is 0 Å². The minimum atomic E-state index is -0.271. The molecule has 0 saturated carbocycles. The number of hydrogen-bond donors (Lipinski definition) is 1. The maximum Gasteiger partial charge on any atom is 0.203 e. The number of aromatic nitrogens is 1. The summed E-state index contributed by atoms with van der Waals surface area (Å²) in [5, 5.41) is 3.34. The van der Waals surface area contributed by atoms with Crippen LogP contribution in [-0.2, 0) is 5.41 Å². The topological polar surface area (TPSA) is 38.1 Å². The van der Waals surface area contributed by atoms with E-state index < -0.39 is 0 Å². The Morgan fingerprint density at radius 3 is 3.12 bits per heavy atom. The summed E-state index contributed by atoms with van der Waals surface area (Å²) in [7, 11) is 0. The van der Waals surface area contributed by atoms with Gasteiger partial charge in [-0.2, -0.15) is 0 Å². The Kier molecular flexibility index (Phi) is 2.40. The fraction of sp³-hybridized carbons (Fsp3) is 0.462. The van der Waals surface area contributed by atoms with Gasteiger partial charge in [-0.1, -0.05) is 6.92 Å². The van der Waals surface area contributed by atoms with Crippen molar-refractivity contribution >= 4 is 11.1 Å². The highest BCUT2D eigenvalue weighted by atomic mass is 19.1. The van der Waals surface area contributed by atoms with Crippen LogP contribution in [0.15, 0.2) is 22.6 Å². The zero-order valence-electron chi connectivity index (χ0n) is 9.79. The van der Waals surface area contributed by atoms with Crippen LogP contribution in [0.3, 0.4) is 0 Å². The molecule has 2 aromatic rings. The van der Waals surface area contributed by atoms with E-state index in [1.54, 1.807) is 6.07 Å². The van der Waals surface area contributed by atoms with Crippen LogP contribution in [0.1, 0.15) is 25.7 Å². The van der Waals surface area contributed by atoms with Gasteiger partial charge in [-0.15, -0.1) is 0 Å². The van der Waals surface area contributed by atoms with E-state index in [1.165, 1.54) is 12.1 Å². The molecule has 1 N–H and O–H groups in total. The molecule has 3 nitrogen and oxygen atoms in total. The molecule has 17 heavy (non-hydrogen) atoms. The quantitative estimate of drug-likeness (QED) is 0.868. The molecule has 1 aliphatic heterocycles. The van der Waals surface area contributed by atoms with Crippen LogP contribution < -0.4 is 5.32 Å². The number of nitrogens with zero attached hydrogens (tertiary/aromatic N) is 1. The van der Waals surface area contributed by atoms with E-state index in [1.807, 2.05) is 0 Å². The van der Waals surface area contributed by atoms with E-state index in [9.17, 15) is 4.39 Å². The average Bonchev–Trinajstić information content (AvgIpc) is 2.94. The normalized spacial score (nSPS) is 24.6. The molecule has 1 aliphatic rings. The third kappa shape index (κ3) is 1.63. The van der Waals surface area contributed by atoms with Crippen LogP contribution >= 0.6 is 0 Å². The van der Waals surface area contributed by atoms with Crippen LogP contribution in [-0.4, -0.2) is 18.1 Å². The van der Waals surface area contributed by atoms with Gasteiger partial charge in [0, 0.05) is 12.6 Å². The summed E-state index contributed by atoms with van der Waals surface area (Å²) in [6.07, 6.45) is 2.01. The van der Waals surface area contributed by atoms with Gasteiger partial charge in [0.25, 0.3) is 0 Å². The highest BCUT2D eigenvalue weighted by Gasteiger charge is 2.38. The van der Waals surface area contributed by atoms with Crippen molar-refractivity contribution in [3.63, 3.8) is 0 Å². The maximum absolute atomic E-state index is 13.1. The molecule has 0 spiro atoms. The lowest BCUT2D eigenvalue weighted by Crippen LogP contribution is -2.28. The van der Waals surface area contributed by atoms with Crippen LogP contribution in [0, 0.1) is 5.82 Å². The first kappa shape index (κ1) is 10.7. The Morgan fingerprint density at radius 1 is 1.53 bits per heavy atom. The third-order valence-electron chi connectivity index (χ3n) is 3.72. The molecule has 90 valence electrons. The van der Waals surface area contributed by atoms with Gasteiger partial charge >= 0.3 is 0 Å². The lowest BCUT2D eigenvalue weighted by Gasteiger charge is -2.21. The van der Waals surface area contributed by atoms with Crippen LogP contribution in [0.2, 0.25) is 0 Å². The predicted octanol–water partition coefficient (Wildman–Crippen LogP) is 2.61. The minimum Gasteiger partial charge on any atom is -0.440 e. The summed E-state index contributed by atoms with van der Waals surface area (Å²) in [6, 6.07) is 4.48. The molecule has 1 aromatic carbocycles. The lowest BCUT2D eigenvalue weighted by molar-refractivity contribution is 0.344. The lowest BCUT2D eigenvalue weighted by atomic mass is 9.84. The summed E-state index contributed by atoms with van der Waals surface area (Å²) in [5.74, 6) is 0.470. The fourth-order valence-electron chi connectivity index (χ4n) is 2.51. The largest absolute Gasteiger partial charge is 0.440 e. The maximum atomic E-state index is 13.1. The van der Waals surface area contributed by atoms with Gasteiger partial charge in [0.2, 0.25) is 5.89 Å². The fourth-order valence-corrected chi connectivity index (χ4v) is 2.51.